The molecule has 0 heterocycles. The third-order valence-corrected chi connectivity index (χ3v) is 7.45. The number of methoxy groups -OCH3 is 2. The molecule has 10 heteroatoms. The Bertz CT molecular complexity index is 1150. The van der Waals surface area contributed by atoms with Crippen LogP contribution in [0.2, 0.25) is 0 Å². The molecular formula is C19H21NO7S2. The topological polar surface area (TPSA) is 133 Å². The van der Waals surface area contributed by atoms with Crippen molar-refractivity contribution < 1.29 is 31.4 Å². The van der Waals surface area contributed by atoms with Gasteiger partial charge in [-0.15, -0.1) is 0 Å². The van der Waals surface area contributed by atoms with Crippen LogP contribution in [-0.2, 0) is 19.7 Å². The summed E-state index contributed by atoms with van der Waals surface area (Å²) >= 11 is 0. The zero-order valence-electron chi connectivity index (χ0n) is 15.8. The smallest absolute Gasteiger partial charge is 0.186 e. The van der Waals surface area contributed by atoms with Crippen LogP contribution in [0.3, 0.4) is 0 Å². The van der Waals surface area contributed by atoms with E-state index in [1.807, 2.05) is 0 Å². The van der Waals surface area contributed by atoms with Crippen LogP contribution in [-0.4, -0.2) is 41.2 Å². The van der Waals surface area contributed by atoms with Crippen LogP contribution >= 0.6 is 0 Å². The van der Waals surface area contributed by atoms with E-state index in [-0.39, 0.29) is 11.5 Å². The highest BCUT2D eigenvalue weighted by atomic mass is 32.3. The Morgan fingerprint density at radius 2 is 1.38 bits per heavy atom. The number of nitrogens with two attached hydrogens (primary N) is 1. The maximum atomic E-state index is 12.2. The maximum absolute atomic E-state index is 12.2. The van der Waals surface area contributed by atoms with E-state index in [9.17, 15) is 21.9 Å². The predicted molar refractivity (Wildman–Crippen MR) is 113 cm³/mol. The van der Waals surface area contributed by atoms with E-state index >= 15 is 0 Å². The fourth-order valence-corrected chi connectivity index (χ4v) is 5.52. The van der Waals surface area contributed by atoms with Crippen LogP contribution in [0, 0.1) is 0 Å². The van der Waals surface area contributed by atoms with Crippen molar-refractivity contribution in [3.63, 3.8) is 0 Å². The van der Waals surface area contributed by atoms with Gasteiger partial charge in [-0.2, -0.15) is 0 Å². The van der Waals surface area contributed by atoms with E-state index in [2.05, 4.69) is 0 Å². The molecule has 0 saturated heterocycles. The Hall–Kier alpha value is -2.98. The van der Waals surface area contributed by atoms with Crippen molar-refractivity contribution in [1.82, 2.24) is 0 Å². The first-order chi connectivity index (χ1) is 13.5. The molecule has 156 valence electrons. The largest absolute Gasteiger partial charge is 0.504 e. The summed E-state index contributed by atoms with van der Waals surface area (Å²) in [5.41, 5.74) is 6.99. The summed E-state index contributed by atoms with van der Waals surface area (Å²) in [6.45, 7) is 0. The number of rotatable bonds is 8. The maximum Gasteiger partial charge on any atom is 0.186 e. The van der Waals surface area contributed by atoms with Crippen molar-refractivity contribution in [2.24, 2.45) is 0 Å². The molecule has 0 aliphatic heterocycles. The van der Waals surface area contributed by atoms with Gasteiger partial charge < -0.3 is 20.3 Å². The zero-order chi connectivity index (χ0) is 21.7. The molecule has 0 atom stereocenters. The van der Waals surface area contributed by atoms with Crippen molar-refractivity contribution in [3.05, 3.63) is 58.3 Å². The number of hydrogen-bond acceptors (Lipinski definition) is 8. The van der Waals surface area contributed by atoms with Gasteiger partial charge in [-0.1, -0.05) is 12.1 Å². The lowest BCUT2D eigenvalue weighted by Crippen LogP contribution is -2.11. The average molecular weight is 440 g/mol. The monoisotopic (exact) mass is 439 g/mol. The number of phenols is 1. The third-order valence-electron chi connectivity index (χ3n) is 3.72. The molecule has 8 nitrogen and oxygen atoms in total. The highest BCUT2D eigenvalue weighted by Gasteiger charge is 2.17. The lowest BCUT2D eigenvalue weighted by molar-refractivity contribution is 0.373. The highest BCUT2D eigenvalue weighted by molar-refractivity contribution is 8.10. The van der Waals surface area contributed by atoms with E-state index in [0.717, 1.165) is 10.8 Å². The second kappa shape index (κ2) is 9.01. The number of ether oxygens (including phenoxy) is 2. The summed E-state index contributed by atoms with van der Waals surface area (Å²) in [7, 11) is -5.29. The molecule has 0 fully saturated rings. The van der Waals surface area contributed by atoms with Gasteiger partial charge in [0.25, 0.3) is 0 Å². The van der Waals surface area contributed by atoms with Gasteiger partial charge in [0, 0.05) is 10.8 Å². The molecule has 29 heavy (non-hydrogen) atoms. The number of phenolic OH excluding ortho intramolecular Hbond substituents is 1. The third kappa shape index (κ3) is 6.54. The van der Waals surface area contributed by atoms with Crippen molar-refractivity contribution >= 4 is 37.5 Å². The highest BCUT2D eigenvalue weighted by Crippen LogP contribution is 2.27. The number of anilines is 1. The summed E-state index contributed by atoms with van der Waals surface area (Å²) < 4.78 is 58.7. The SMILES string of the molecule is COc1ccc(/C=C/S(=O)(=O)CS(=O)(=O)/C=C/c2ccc(O)c(OC)c2)cc1N. The van der Waals surface area contributed by atoms with E-state index < -0.39 is 24.8 Å². The number of sulfone groups is 2. The van der Waals surface area contributed by atoms with Gasteiger partial charge in [0.15, 0.2) is 36.3 Å². The van der Waals surface area contributed by atoms with Crippen LogP contribution < -0.4 is 15.2 Å². The van der Waals surface area contributed by atoms with Gasteiger partial charge in [-0.3, -0.25) is 0 Å². The molecule has 2 rings (SSSR count). The second-order valence-electron chi connectivity index (χ2n) is 5.98. The Labute approximate surface area is 169 Å². The number of benzene rings is 2. The van der Waals surface area contributed by atoms with Gasteiger partial charge in [0.05, 0.1) is 19.9 Å². The molecule has 0 radical (unpaired) electrons. The molecule has 2 aromatic carbocycles. The minimum absolute atomic E-state index is 0.0978. The molecule has 0 saturated carbocycles. The predicted octanol–water partition coefficient (Wildman–Crippen LogP) is 2.42. The first kappa shape index (κ1) is 22.3. The summed E-state index contributed by atoms with van der Waals surface area (Å²) in [6.07, 6.45) is 2.48. The molecular weight excluding hydrogens is 418 g/mol. The van der Waals surface area contributed by atoms with Gasteiger partial charge in [-0.25, -0.2) is 16.8 Å². The fourth-order valence-electron chi connectivity index (χ4n) is 2.33. The standard InChI is InChI=1S/C19H21NO7S2/c1-26-18-6-4-14(11-16(18)20)7-9-28(22,23)13-29(24,25)10-8-15-3-5-17(21)19(12-15)27-2/h3-12,21H,13,20H2,1-2H3/b9-7+,10-8+. The summed E-state index contributed by atoms with van der Waals surface area (Å²) in [5.74, 6) is 0.516. The van der Waals surface area contributed by atoms with Crippen molar-refractivity contribution in [2.45, 2.75) is 0 Å². The Morgan fingerprint density at radius 3 is 1.90 bits per heavy atom. The van der Waals surface area contributed by atoms with Gasteiger partial charge in [-0.05, 0) is 47.5 Å². The molecule has 0 bridgehead atoms. The molecule has 0 aromatic heterocycles. The quantitative estimate of drug-likeness (QED) is 0.599. The minimum atomic E-state index is -4.06. The first-order valence-corrected chi connectivity index (χ1v) is 11.6. The fraction of sp³-hybridized carbons (Fsp3) is 0.158. The second-order valence-corrected chi connectivity index (χ2v) is 10.1. The van der Waals surface area contributed by atoms with Crippen molar-refractivity contribution in [1.29, 1.82) is 0 Å². The Morgan fingerprint density at radius 1 is 0.862 bits per heavy atom. The van der Waals surface area contributed by atoms with Crippen molar-refractivity contribution in [3.8, 4) is 17.2 Å². The molecule has 3 N–H and O–H groups in total. The van der Waals surface area contributed by atoms with Crippen LogP contribution in [0.15, 0.2) is 47.2 Å². The first-order valence-electron chi connectivity index (χ1n) is 8.17. The molecule has 0 aliphatic rings. The summed E-state index contributed by atoms with van der Waals surface area (Å²) in [6, 6.07) is 8.90. The van der Waals surface area contributed by atoms with Crippen molar-refractivity contribution in [2.75, 3.05) is 25.0 Å². The summed E-state index contributed by atoms with van der Waals surface area (Å²) in [5, 5.41) is 10.1. The van der Waals surface area contributed by atoms with Crippen LogP contribution in [0.5, 0.6) is 17.2 Å². The minimum Gasteiger partial charge on any atom is -0.504 e. The normalized spacial score (nSPS) is 12.5. The average Bonchev–Trinajstić information content (AvgIpc) is 2.65. The van der Waals surface area contributed by atoms with Gasteiger partial charge >= 0.3 is 0 Å². The zero-order valence-corrected chi connectivity index (χ0v) is 17.4. The van der Waals surface area contributed by atoms with E-state index in [1.165, 1.54) is 50.6 Å². The van der Waals surface area contributed by atoms with Crippen LogP contribution in [0.1, 0.15) is 11.1 Å². The Balaban J connectivity index is 2.14. The van der Waals surface area contributed by atoms with Gasteiger partial charge in [0.1, 0.15) is 5.75 Å². The molecule has 0 unspecified atom stereocenters. The lowest BCUT2D eigenvalue weighted by atomic mass is 10.2. The number of aromatic hydroxyl groups is 1. The van der Waals surface area contributed by atoms with E-state index in [4.69, 9.17) is 15.2 Å². The molecule has 0 amide bonds. The summed E-state index contributed by atoms with van der Waals surface area (Å²) in [4.78, 5) is 0. The molecule has 0 aliphatic carbocycles. The van der Waals surface area contributed by atoms with E-state index in [1.54, 1.807) is 12.1 Å². The number of hydrogen-bond donors (Lipinski definition) is 2. The lowest BCUT2D eigenvalue weighted by Gasteiger charge is -2.04. The van der Waals surface area contributed by atoms with Gasteiger partial charge in [0.2, 0.25) is 0 Å². The van der Waals surface area contributed by atoms with Crippen LogP contribution in [0.25, 0.3) is 12.2 Å². The number of nitrogen functional groups attached to an aromatic ring is 1. The van der Waals surface area contributed by atoms with Crippen LogP contribution in [0.4, 0.5) is 5.69 Å². The molecule has 0 spiro atoms. The molecule has 2 aromatic rings. The Kier molecular flexibility index (Phi) is 6.93. The van der Waals surface area contributed by atoms with E-state index in [0.29, 0.717) is 22.6 Å².